The van der Waals surface area contributed by atoms with Crippen molar-refractivity contribution in [3.05, 3.63) is 68.9 Å². The maximum Gasteiger partial charge on any atom is 0.141 e. The largest absolute Gasteiger partial charge is 0.313 e. The van der Waals surface area contributed by atoms with Crippen LogP contribution in [0.2, 0.25) is 5.02 Å². The van der Waals surface area contributed by atoms with Crippen LogP contribution >= 0.6 is 27.5 Å². The van der Waals surface area contributed by atoms with Crippen molar-refractivity contribution in [2.75, 3.05) is 7.05 Å². The number of likely N-dealkylation sites (N-methyl/N-ethyl adjacent to an activating group) is 1. The number of nitrogens with one attached hydrogen (secondary N) is 1. The van der Waals surface area contributed by atoms with Crippen LogP contribution in [0.3, 0.4) is 0 Å². The summed E-state index contributed by atoms with van der Waals surface area (Å²) in [5.41, 5.74) is 2.18. The van der Waals surface area contributed by atoms with Crippen LogP contribution in [0.25, 0.3) is 0 Å². The van der Waals surface area contributed by atoms with Crippen molar-refractivity contribution >= 4 is 27.5 Å². The van der Waals surface area contributed by atoms with Crippen LogP contribution < -0.4 is 5.32 Å². The molecule has 0 aromatic heterocycles. The Balaban J connectivity index is 2.22. The van der Waals surface area contributed by atoms with Gasteiger partial charge in [0.2, 0.25) is 0 Å². The van der Waals surface area contributed by atoms with Gasteiger partial charge in [-0.3, -0.25) is 0 Å². The van der Waals surface area contributed by atoms with Gasteiger partial charge in [-0.2, -0.15) is 0 Å². The third-order valence-electron chi connectivity index (χ3n) is 3.02. The van der Waals surface area contributed by atoms with Gasteiger partial charge < -0.3 is 5.32 Å². The fraction of sp³-hybridized carbons (Fsp3) is 0.200. The number of hydrogen-bond acceptors (Lipinski definition) is 1. The second-order valence-corrected chi connectivity index (χ2v) is 5.67. The van der Waals surface area contributed by atoms with Crippen molar-refractivity contribution < 1.29 is 4.39 Å². The molecule has 0 bridgehead atoms. The molecule has 1 N–H and O–H groups in total. The molecule has 1 nitrogen and oxygen atoms in total. The zero-order chi connectivity index (χ0) is 13.8. The van der Waals surface area contributed by atoms with Gasteiger partial charge in [0.05, 0.1) is 5.02 Å². The number of benzene rings is 2. The molecule has 1 unspecified atom stereocenters. The maximum absolute atomic E-state index is 13.2. The Hall–Kier alpha value is -0.900. The molecular formula is C15H14BrClFN. The molecule has 0 saturated heterocycles. The molecule has 1 atom stereocenters. The van der Waals surface area contributed by atoms with Crippen LogP contribution in [0, 0.1) is 5.82 Å². The lowest BCUT2D eigenvalue weighted by molar-refractivity contribution is 0.586. The van der Waals surface area contributed by atoms with Gasteiger partial charge in [0.25, 0.3) is 0 Å². The van der Waals surface area contributed by atoms with Gasteiger partial charge in [0.1, 0.15) is 5.82 Å². The lowest BCUT2D eigenvalue weighted by atomic mass is 9.99. The van der Waals surface area contributed by atoms with E-state index in [1.165, 1.54) is 11.6 Å². The summed E-state index contributed by atoms with van der Waals surface area (Å²) in [7, 11) is 1.89. The highest BCUT2D eigenvalue weighted by Gasteiger charge is 2.12. The molecule has 4 heteroatoms. The first-order valence-electron chi connectivity index (χ1n) is 5.97. The summed E-state index contributed by atoms with van der Waals surface area (Å²) in [5.74, 6) is -0.386. The SMILES string of the molecule is CNC(Cc1cccc(Br)c1)c1ccc(F)c(Cl)c1. The predicted octanol–water partition coefficient (Wildman–Crippen LogP) is 4.74. The summed E-state index contributed by atoms with van der Waals surface area (Å²) in [6.07, 6.45) is 0.817. The number of rotatable bonds is 4. The summed E-state index contributed by atoms with van der Waals surface area (Å²) in [6.45, 7) is 0. The molecular weight excluding hydrogens is 329 g/mol. The molecule has 2 aromatic carbocycles. The average molecular weight is 343 g/mol. The average Bonchev–Trinajstić information content (AvgIpc) is 2.39. The topological polar surface area (TPSA) is 12.0 Å². The Morgan fingerprint density at radius 1 is 1.26 bits per heavy atom. The minimum absolute atomic E-state index is 0.104. The molecule has 0 aliphatic rings. The molecule has 0 aliphatic carbocycles. The first kappa shape index (κ1) is 14.5. The zero-order valence-corrected chi connectivity index (χ0v) is 12.8. The van der Waals surface area contributed by atoms with Gasteiger partial charge in [-0.1, -0.05) is 45.7 Å². The normalized spacial score (nSPS) is 12.4. The van der Waals surface area contributed by atoms with Gasteiger partial charge in [-0.15, -0.1) is 0 Å². The highest BCUT2D eigenvalue weighted by Crippen LogP contribution is 2.24. The minimum atomic E-state index is -0.386. The van der Waals surface area contributed by atoms with Crippen molar-refractivity contribution in [1.29, 1.82) is 0 Å². The van der Waals surface area contributed by atoms with Crippen molar-refractivity contribution in [1.82, 2.24) is 5.32 Å². The Labute approximate surface area is 125 Å². The number of hydrogen-bond donors (Lipinski definition) is 1. The molecule has 0 fully saturated rings. The maximum atomic E-state index is 13.2. The summed E-state index contributed by atoms with van der Waals surface area (Å²) >= 11 is 9.29. The van der Waals surface area contributed by atoms with E-state index >= 15 is 0 Å². The van der Waals surface area contributed by atoms with Crippen molar-refractivity contribution in [3.8, 4) is 0 Å². The molecule has 0 spiro atoms. The Morgan fingerprint density at radius 2 is 2.05 bits per heavy atom. The van der Waals surface area contributed by atoms with Crippen LogP contribution in [0.5, 0.6) is 0 Å². The van der Waals surface area contributed by atoms with Crippen molar-refractivity contribution in [3.63, 3.8) is 0 Å². The van der Waals surface area contributed by atoms with E-state index in [2.05, 4.69) is 33.4 Å². The summed E-state index contributed by atoms with van der Waals surface area (Å²) in [4.78, 5) is 0. The van der Waals surface area contributed by atoms with Crippen LogP contribution in [0.1, 0.15) is 17.2 Å². The summed E-state index contributed by atoms with van der Waals surface area (Å²) in [5, 5.41) is 3.40. The second-order valence-electron chi connectivity index (χ2n) is 4.35. The van der Waals surface area contributed by atoms with E-state index in [-0.39, 0.29) is 16.9 Å². The highest BCUT2D eigenvalue weighted by molar-refractivity contribution is 9.10. The van der Waals surface area contributed by atoms with E-state index in [4.69, 9.17) is 11.6 Å². The molecule has 2 rings (SSSR count). The zero-order valence-electron chi connectivity index (χ0n) is 10.5. The third-order valence-corrected chi connectivity index (χ3v) is 3.81. The highest BCUT2D eigenvalue weighted by atomic mass is 79.9. The Morgan fingerprint density at radius 3 is 2.68 bits per heavy atom. The standard InChI is InChI=1S/C15H14BrClFN/c1-19-15(8-10-3-2-4-12(16)7-10)11-5-6-14(18)13(17)9-11/h2-7,9,15,19H,8H2,1H3. The molecule has 2 aromatic rings. The molecule has 0 aliphatic heterocycles. The van der Waals surface area contributed by atoms with E-state index in [1.54, 1.807) is 12.1 Å². The van der Waals surface area contributed by atoms with Gasteiger partial charge in [-0.25, -0.2) is 4.39 Å². The van der Waals surface area contributed by atoms with Crippen LogP contribution in [0.15, 0.2) is 46.9 Å². The van der Waals surface area contributed by atoms with E-state index in [9.17, 15) is 4.39 Å². The smallest absolute Gasteiger partial charge is 0.141 e. The first-order chi connectivity index (χ1) is 9.10. The molecule has 0 radical (unpaired) electrons. The van der Waals surface area contributed by atoms with E-state index < -0.39 is 0 Å². The molecule has 0 heterocycles. The predicted molar refractivity (Wildman–Crippen MR) is 81.1 cm³/mol. The minimum Gasteiger partial charge on any atom is -0.313 e. The fourth-order valence-corrected chi connectivity index (χ4v) is 2.65. The lowest BCUT2D eigenvalue weighted by Crippen LogP contribution is -2.18. The second kappa shape index (κ2) is 6.51. The fourth-order valence-electron chi connectivity index (χ4n) is 2.02. The monoisotopic (exact) mass is 341 g/mol. The van der Waals surface area contributed by atoms with Gasteiger partial charge in [0.15, 0.2) is 0 Å². The van der Waals surface area contributed by atoms with E-state index in [0.29, 0.717) is 0 Å². The van der Waals surface area contributed by atoms with Crippen molar-refractivity contribution in [2.45, 2.75) is 12.5 Å². The lowest BCUT2D eigenvalue weighted by Gasteiger charge is -2.17. The van der Waals surface area contributed by atoms with Gasteiger partial charge >= 0.3 is 0 Å². The van der Waals surface area contributed by atoms with Crippen LogP contribution in [0.4, 0.5) is 4.39 Å². The molecule has 0 saturated carbocycles. The van der Waals surface area contributed by atoms with E-state index in [0.717, 1.165) is 16.5 Å². The van der Waals surface area contributed by atoms with Crippen molar-refractivity contribution in [2.24, 2.45) is 0 Å². The van der Waals surface area contributed by atoms with Gasteiger partial charge in [0, 0.05) is 10.5 Å². The number of halogens is 3. The molecule has 100 valence electrons. The summed E-state index contributed by atoms with van der Waals surface area (Å²) < 4.78 is 14.2. The van der Waals surface area contributed by atoms with E-state index in [1.807, 2.05) is 19.2 Å². The Bertz CT molecular complexity index is 574. The van der Waals surface area contributed by atoms with Gasteiger partial charge in [-0.05, 0) is 48.9 Å². The third kappa shape index (κ3) is 3.78. The first-order valence-corrected chi connectivity index (χ1v) is 7.14. The quantitative estimate of drug-likeness (QED) is 0.846. The molecule has 0 amide bonds. The Kier molecular flexibility index (Phi) is 4.97. The van der Waals surface area contributed by atoms with Crippen LogP contribution in [-0.2, 0) is 6.42 Å². The van der Waals surface area contributed by atoms with Crippen LogP contribution in [-0.4, -0.2) is 7.05 Å². The molecule has 19 heavy (non-hydrogen) atoms. The summed E-state index contributed by atoms with van der Waals surface area (Å²) in [6, 6.07) is 13.1.